The van der Waals surface area contributed by atoms with Crippen molar-refractivity contribution >= 4 is 27.7 Å². The van der Waals surface area contributed by atoms with Crippen LogP contribution in [0.4, 0.5) is 0 Å². The molecule has 2 aromatic carbocycles. The predicted octanol–water partition coefficient (Wildman–Crippen LogP) is 6.54. The molecule has 0 unspecified atom stereocenters. The van der Waals surface area contributed by atoms with Gasteiger partial charge < -0.3 is 14.5 Å². The number of aliphatic hydroxyl groups is 1. The van der Waals surface area contributed by atoms with E-state index < -0.39 is 0 Å². The molecule has 2 aromatic heterocycles. The monoisotopic (exact) mass is 630 g/mol. The summed E-state index contributed by atoms with van der Waals surface area (Å²) in [5.74, 6) is -0.0625. The molecular weight excluding hydrogens is 605 g/mol. The number of aliphatic hydroxyl groups excluding tert-OH is 1. The smallest absolute Gasteiger partial charge is 0.155 e. The van der Waals surface area contributed by atoms with Gasteiger partial charge in [-0.2, -0.15) is 0 Å². The molecule has 0 aliphatic heterocycles. The average molecular weight is 630 g/mol. The van der Waals surface area contributed by atoms with Crippen LogP contribution in [0, 0.1) is 24.3 Å². The van der Waals surface area contributed by atoms with Crippen molar-refractivity contribution in [1.29, 1.82) is 5.26 Å². The standard InChI is InChI=1S/C23H17N2O.C5H8O2.Ir/c1-14-18-5-3-2-4-17(18)12-20-21(14)19-10-11-25-22(23(19)26-20)16-8-6-15(13-24)7-9-16;1-4(6)3-5(2)7;/h6-8,10-12H,2-5H2,1H3;3,6H,1-2H3;/q-1;;/b;4-3-;. The summed E-state index contributed by atoms with van der Waals surface area (Å²) in [7, 11) is 0. The van der Waals surface area contributed by atoms with E-state index in [9.17, 15) is 4.79 Å². The second kappa shape index (κ2) is 10.8. The normalized spacial score (nSPS) is 12.8. The fourth-order valence-corrected chi connectivity index (χ4v) is 4.48. The Kier molecular flexibility index (Phi) is 8.04. The number of carbonyl (C=O) groups excluding carboxylic acids is 1. The van der Waals surface area contributed by atoms with Gasteiger partial charge in [0.15, 0.2) is 5.78 Å². The average Bonchev–Trinajstić information content (AvgIpc) is 3.17. The van der Waals surface area contributed by atoms with Crippen molar-refractivity contribution in [3.05, 3.63) is 76.7 Å². The molecular formula is C28H25IrN2O3-. The summed E-state index contributed by atoms with van der Waals surface area (Å²) in [6.07, 6.45) is 7.81. The molecule has 1 radical (unpaired) electrons. The molecule has 0 atom stereocenters. The van der Waals surface area contributed by atoms with Crippen LogP contribution in [0.25, 0.3) is 33.2 Å². The molecule has 0 fully saturated rings. The Balaban J connectivity index is 0.000000357. The van der Waals surface area contributed by atoms with Crippen molar-refractivity contribution in [3.63, 3.8) is 0 Å². The van der Waals surface area contributed by atoms with Crippen LogP contribution in [0.15, 0.2) is 52.8 Å². The molecule has 1 N–H and O–H groups in total. The van der Waals surface area contributed by atoms with Gasteiger partial charge in [0.1, 0.15) is 11.2 Å². The Morgan fingerprint density at radius 2 is 2.00 bits per heavy atom. The molecule has 5 nitrogen and oxygen atoms in total. The van der Waals surface area contributed by atoms with Crippen LogP contribution in [-0.2, 0) is 37.7 Å². The summed E-state index contributed by atoms with van der Waals surface area (Å²) in [6, 6.07) is 14.9. The molecule has 0 spiro atoms. The van der Waals surface area contributed by atoms with Gasteiger partial charge in [0.05, 0.1) is 5.76 Å². The van der Waals surface area contributed by atoms with E-state index in [-0.39, 0.29) is 31.6 Å². The van der Waals surface area contributed by atoms with Crippen LogP contribution < -0.4 is 0 Å². The van der Waals surface area contributed by atoms with E-state index in [1.807, 2.05) is 18.3 Å². The Labute approximate surface area is 212 Å². The fourth-order valence-electron chi connectivity index (χ4n) is 4.48. The number of rotatable bonds is 2. The molecule has 0 saturated carbocycles. The van der Waals surface area contributed by atoms with E-state index in [1.165, 1.54) is 54.8 Å². The minimum Gasteiger partial charge on any atom is -0.512 e. The zero-order valence-corrected chi connectivity index (χ0v) is 21.8. The number of aromatic nitrogens is 1. The summed E-state index contributed by atoms with van der Waals surface area (Å²) in [5.41, 5.74) is 8.23. The van der Waals surface area contributed by atoms with Crippen LogP contribution in [0.5, 0.6) is 0 Å². The number of nitriles is 1. The summed E-state index contributed by atoms with van der Waals surface area (Å²) in [4.78, 5) is 14.6. The number of furan rings is 1. The number of benzene rings is 2. The van der Waals surface area contributed by atoms with Crippen molar-refractivity contribution in [1.82, 2.24) is 4.98 Å². The molecule has 5 rings (SSSR count). The third-order valence-corrected chi connectivity index (χ3v) is 5.88. The second-order valence-electron chi connectivity index (χ2n) is 8.36. The van der Waals surface area contributed by atoms with Gasteiger partial charge in [0, 0.05) is 54.9 Å². The Morgan fingerprint density at radius 3 is 2.62 bits per heavy atom. The van der Waals surface area contributed by atoms with Crippen LogP contribution >= 0.6 is 0 Å². The van der Waals surface area contributed by atoms with Crippen LogP contribution in [-0.4, -0.2) is 15.9 Å². The summed E-state index contributed by atoms with van der Waals surface area (Å²) in [5, 5.41) is 19.7. The van der Waals surface area contributed by atoms with E-state index in [4.69, 9.17) is 14.8 Å². The Hall–Kier alpha value is -3.26. The molecule has 1 aliphatic rings. The third-order valence-electron chi connectivity index (χ3n) is 5.88. The van der Waals surface area contributed by atoms with Gasteiger partial charge in [-0.25, -0.2) is 5.26 Å². The molecule has 0 bridgehead atoms. The first kappa shape index (κ1) is 25.4. The van der Waals surface area contributed by atoms with Gasteiger partial charge in [-0.1, -0.05) is 0 Å². The quantitative estimate of drug-likeness (QED) is 0.155. The fraction of sp³-hybridized carbons (Fsp3) is 0.250. The number of carbonyl (C=O) groups is 1. The molecule has 0 amide bonds. The maximum Gasteiger partial charge on any atom is 0.155 e. The van der Waals surface area contributed by atoms with E-state index in [2.05, 4.69) is 30.1 Å². The number of ketones is 1. The van der Waals surface area contributed by atoms with Crippen molar-refractivity contribution in [2.75, 3.05) is 0 Å². The molecule has 4 aromatic rings. The van der Waals surface area contributed by atoms with Crippen molar-refractivity contribution in [3.8, 4) is 17.3 Å². The zero-order valence-electron chi connectivity index (χ0n) is 19.4. The van der Waals surface area contributed by atoms with Crippen molar-refractivity contribution in [2.45, 2.75) is 46.5 Å². The van der Waals surface area contributed by atoms with Crippen molar-refractivity contribution in [2.24, 2.45) is 0 Å². The van der Waals surface area contributed by atoms with E-state index >= 15 is 0 Å². The number of aryl methyl sites for hydroxylation is 2. The maximum atomic E-state index is 10.0. The first-order valence-corrected chi connectivity index (χ1v) is 11.0. The van der Waals surface area contributed by atoms with Crippen molar-refractivity contribution < 1.29 is 34.4 Å². The summed E-state index contributed by atoms with van der Waals surface area (Å²) < 4.78 is 6.29. The first-order valence-electron chi connectivity index (χ1n) is 11.0. The molecule has 6 heteroatoms. The van der Waals surface area contributed by atoms with Gasteiger partial charge in [-0.3, -0.25) is 4.79 Å². The van der Waals surface area contributed by atoms with E-state index in [1.54, 1.807) is 12.1 Å². The SMILES string of the molecule is CC(=O)/C=C(/C)O.Cc1c2c(cc3oc4c(-c5[c-]cc(C#N)cc5)nccc4c13)CCCC2.[Ir]. The summed E-state index contributed by atoms with van der Waals surface area (Å²) >= 11 is 0. The van der Waals surface area contributed by atoms with Crippen LogP contribution in [0.3, 0.4) is 0 Å². The molecule has 0 saturated heterocycles. The first-order chi connectivity index (χ1) is 15.9. The summed E-state index contributed by atoms with van der Waals surface area (Å²) in [6.45, 7) is 5.07. The maximum absolute atomic E-state index is 10.0. The number of hydrogen-bond donors (Lipinski definition) is 1. The van der Waals surface area contributed by atoms with Crippen LogP contribution in [0.1, 0.15) is 48.9 Å². The minimum absolute atomic E-state index is 0. The predicted molar refractivity (Wildman–Crippen MR) is 129 cm³/mol. The molecule has 175 valence electrons. The molecule has 2 heterocycles. The number of pyridine rings is 1. The van der Waals surface area contributed by atoms with Gasteiger partial charge >= 0.3 is 0 Å². The Bertz CT molecular complexity index is 1420. The van der Waals surface area contributed by atoms with Crippen LogP contribution in [0.2, 0.25) is 0 Å². The second-order valence-corrected chi connectivity index (χ2v) is 8.36. The van der Waals surface area contributed by atoms with Gasteiger partial charge in [-0.15, -0.1) is 29.8 Å². The largest absolute Gasteiger partial charge is 0.512 e. The van der Waals surface area contributed by atoms with Gasteiger partial charge in [-0.05, 0) is 80.8 Å². The van der Waals surface area contributed by atoms with E-state index in [0.29, 0.717) is 5.56 Å². The van der Waals surface area contributed by atoms with Gasteiger partial charge in [0.2, 0.25) is 0 Å². The Morgan fingerprint density at radius 1 is 1.24 bits per heavy atom. The number of hydrogen-bond acceptors (Lipinski definition) is 5. The topological polar surface area (TPSA) is 87.1 Å². The van der Waals surface area contributed by atoms with E-state index in [0.717, 1.165) is 40.7 Å². The number of allylic oxidation sites excluding steroid dienone is 2. The molecule has 1 aliphatic carbocycles. The zero-order chi connectivity index (χ0) is 23.5. The van der Waals surface area contributed by atoms with Gasteiger partial charge in [0.25, 0.3) is 0 Å². The third kappa shape index (κ3) is 5.12. The number of nitrogens with zero attached hydrogens (tertiary/aromatic N) is 2. The minimum atomic E-state index is -0.125. The molecule has 34 heavy (non-hydrogen) atoms. The number of fused-ring (bicyclic) bond motifs is 4.